The number of likely N-dealkylation sites (tertiary alicyclic amines) is 1. The fourth-order valence-electron chi connectivity index (χ4n) is 6.56. The maximum absolute atomic E-state index is 12.5. The Kier molecular flexibility index (Phi) is 6.80. The molecular weight excluding hydrogens is 408 g/mol. The van der Waals surface area contributed by atoms with Crippen LogP contribution in [-0.2, 0) is 19.1 Å². The molecule has 0 aromatic carbocycles. The van der Waals surface area contributed by atoms with Gasteiger partial charge < -0.3 is 14.7 Å². The van der Waals surface area contributed by atoms with Crippen molar-refractivity contribution in [2.75, 3.05) is 0 Å². The van der Waals surface area contributed by atoms with Gasteiger partial charge in [0.15, 0.2) is 0 Å². The molecule has 1 saturated carbocycles. The van der Waals surface area contributed by atoms with Crippen molar-refractivity contribution in [3.05, 3.63) is 0 Å². The highest BCUT2D eigenvalue weighted by molar-refractivity contribution is 5.77. The number of esters is 2. The molecule has 0 unspecified atom stereocenters. The molecule has 2 heterocycles. The van der Waals surface area contributed by atoms with E-state index in [0.717, 1.165) is 12.8 Å². The zero-order valence-corrected chi connectivity index (χ0v) is 21.4. The van der Waals surface area contributed by atoms with Gasteiger partial charge in [-0.25, -0.2) is 0 Å². The summed E-state index contributed by atoms with van der Waals surface area (Å²) in [6, 6.07) is 0.652. The molecule has 0 aromatic heterocycles. The Bertz CT molecular complexity index is 690. The zero-order valence-electron chi connectivity index (χ0n) is 21.4. The minimum absolute atomic E-state index is 0.0199. The van der Waals surface area contributed by atoms with E-state index in [1.165, 1.54) is 17.9 Å². The Morgan fingerprint density at radius 3 is 1.41 bits per heavy atom. The molecule has 2 aliphatic heterocycles. The van der Waals surface area contributed by atoms with Crippen molar-refractivity contribution in [3.8, 4) is 0 Å². The first-order valence-corrected chi connectivity index (χ1v) is 12.2. The molecule has 7 heteroatoms. The molecule has 1 N–H and O–H groups in total. The predicted molar refractivity (Wildman–Crippen MR) is 122 cm³/mol. The molecule has 3 rings (SSSR count). The molecule has 0 radical (unpaired) electrons. The number of rotatable bonds is 6. The zero-order chi connectivity index (χ0) is 24.1. The van der Waals surface area contributed by atoms with E-state index < -0.39 is 11.1 Å². The minimum atomic E-state index is -0.486. The largest absolute Gasteiger partial charge is 0.462 e. The lowest BCUT2D eigenvalue weighted by atomic mass is 9.78. The topological polar surface area (TPSA) is 79.3 Å². The van der Waals surface area contributed by atoms with Gasteiger partial charge in [0.2, 0.25) is 0 Å². The number of carbonyl (C=O) groups is 2. The molecule has 32 heavy (non-hydrogen) atoms. The lowest BCUT2D eigenvalue weighted by molar-refractivity contribution is -0.259. The Hall–Kier alpha value is -1.18. The van der Waals surface area contributed by atoms with Gasteiger partial charge >= 0.3 is 11.9 Å². The molecule has 0 aromatic rings. The van der Waals surface area contributed by atoms with E-state index in [0.29, 0.717) is 18.9 Å². The first-order valence-electron chi connectivity index (χ1n) is 12.2. The monoisotopic (exact) mass is 452 g/mol. The van der Waals surface area contributed by atoms with Crippen molar-refractivity contribution in [1.82, 2.24) is 9.96 Å². The number of hydroxylamine groups is 2. The summed E-state index contributed by atoms with van der Waals surface area (Å²) < 4.78 is 11.5. The molecule has 0 amide bonds. The maximum atomic E-state index is 12.5. The van der Waals surface area contributed by atoms with Crippen LogP contribution in [0.2, 0.25) is 0 Å². The van der Waals surface area contributed by atoms with Crippen LogP contribution in [0.3, 0.4) is 0 Å². The Morgan fingerprint density at radius 2 is 1.06 bits per heavy atom. The van der Waals surface area contributed by atoms with Crippen LogP contribution in [0.25, 0.3) is 0 Å². The average Bonchev–Trinajstić information content (AvgIpc) is 3.39. The highest BCUT2D eigenvalue weighted by atomic mass is 16.6. The summed E-state index contributed by atoms with van der Waals surface area (Å²) in [5.74, 6) is -0.710. The van der Waals surface area contributed by atoms with Crippen LogP contribution >= 0.6 is 0 Å². The summed E-state index contributed by atoms with van der Waals surface area (Å²) in [5, 5.41) is 11.8. The van der Waals surface area contributed by atoms with E-state index in [-0.39, 0.29) is 48.1 Å². The van der Waals surface area contributed by atoms with Crippen LogP contribution in [-0.4, -0.2) is 67.5 Å². The number of hydrogen-bond acceptors (Lipinski definition) is 7. The molecule has 3 aliphatic rings. The molecule has 2 saturated heterocycles. The van der Waals surface area contributed by atoms with Gasteiger partial charge in [-0.05, 0) is 68.2 Å². The van der Waals surface area contributed by atoms with Gasteiger partial charge in [-0.3, -0.25) is 14.5 Å². The van der Waals surface area contributed by atoms with Crippen LogP contribution in [0.1, 0.15) is 107 Å². The Balaban J connectivity index is 1.47. The van der Waals surface area contributed by atoms with Crippen LogP contribution in [0.4, 0.5) is 0 Å². The maximum Gasteiger partial charge on any atom is 0.306 e. The fourth-order valence-corrected chi connectivity index (χ4v) is 6.56. The summed E-state index contributed by atoms with van der Waals surface area (Å²) in [6.45, 7) is 16.7. The van der Waals surface area contributed by atoms with Crippen LogP contribution < -0.4 is 0 Å². The Labute approximate surface area is 193 Å². The van der Waals surface area contributed by atoms with Gasteiger partial charge in [0.25, 0.3) is 0 Å². The molecule has 0 spiro atoms. The lowest BCUT2D eigenvalue weighted by Gasteiger charge is -2.55. The van der Waals surface area contributed by atoms with Crippen molar-refractivity contribution < 1.29 is 24.3 Å². The standard InChI is InChI=1S/C25H44N2O5/c1-22(2)13-18(14-23(3,4)26(22)17-9-10-17)31-20(28)11-12-21(29)32-19-15-24(5,6)27(30)25(7,8)16-19/h17-19,30H,9-16H2,1-8H3. The van der Waals surface area contributed by atoms with Crippen molar-refractivity contribution in [2.24, 2.45) is 0 Å². The number of ether oxygens (including phenoxy) is 2. The van der Waals surface area contributed by atoms with E-state index in [1.54, 1.807) is 0 Å². The lowest BCUT2D eigenvalue weighted by Crippen LogP contribution is -2.63. The molecule has 1 aliphatic carbocycles. The van der Waals surface area contributed by atoms with E-state index in [2.05, 4.69) is 32.6 Å². The second kappa shape index (κ2) is 8.55. The first-order chi connectivity index (χ1) is 14.5. The van der Waals surface area contributed by atoms with Crippen molar-refractivity contribution in [1.29, 1.82) is 0 Å². The van der Waals surface area contributed by atoms with Crippen molar-refractivity contribution in [2.45, 2.75) is 147 Å². The van der Waals surface area contributed by atoms with Gasteiger partial charge in [-0.2, -0.15) is 5.06 Å². The van der Waals surface area contributed by atoms with E-state index in [1.807, 2.05) is 27.7 Å². The van der Waals surface area contributed by atoms with Crippen LogP contribution in [0.5, 0.6) is 0 Å². The number of hydrogen-bond donors (Lipinski definition) is 1. The Morgan fingerprint density at radius 1 is 0.719 bits per heavy atom. The van der Waals surface area contributed by atoms with Crippen LogP contribution in [0.15, 0.2) is 0 Å². The van der Waals surface area contributed by atoms with Gasteiger partial charge in [-0.15, -0.1) is 0 Å². The first kappa shape index (κ1) is 25.4. The van der Waals surface area contributed by atoms with Crippen molar-refractivity contribution >= 4 is 11.9 Å². The smallest absolute Gasteiger partial charge is 0.306 e. The minimum Gasteiger partial charge on any atom is -0.462 e. The van der Waals surface area contributed by atoms with Gasteiger partial charge in [-0.1, -0.05) is 0 Å². The number of nitrogens with zero attached hydrogens (tertiary/aromatic N) is 2. The van der Waals surface area contributed by atoms with E-state index >= 15 is 0 Å². The van der Waals surface area contributed by atoms with Crippen LogP contribution in [0, 0.1) is 0 Å². The molecule has 7 nitrogen and oxygen atoms in total. The summed E-state index contributed by atoms with van der Waals surface area (Å²) in [4.78, 5) is 27.6. The van der Waals surface area contributed by atoms with Gasteiger partial charge in [0.05, 0.1) is 12.8 Å². The summed E-state index contributed by atoms with van der Waals surface area (Å²) in [5.41, 5.74) is -1.01. The summed E-state index contributed by atoms with van der Waals surface area (Å²) >= 11 is 0. The van der Waals surface area contributed by atoms with E-state index in [4.69, 9.17) is 9.47 Å². The molecule has 184 valence electrons. The van der Waals surface area contributed by atoms with Gasteiger partial charge in [0, 0.05) is 53.9 Å². The molecule has 3 fully saturated rings. The highest BCUT2D eigenvalue weighted by Gasteiger charge is 2.52. The third-order valence-electron chi connectivity index (χ3n) is 7.40. The number of carbonyl (C=O) groups excluding carboxylic acids is 2. The second-order valence-electron chi connectivity index (χ2n) is 12.7. The van der Waals surface area contributed by atoms with Crippen molar-refractivity contribution in [3.63, 3.8) is 0 Å². The highest BCUT2D eigenvalue weighted by Crippen LogP contribution is 2.46. The predicted octanol–water partition coefficient (Wildman–Crippen LogP) is 4.45. The third kappa shape index (κ3) is 5.65. The SMILES string of the molecule is CC1(C)CC(OC(=O)CCC(=O)OC2CC(C)(C)N(C3CC3)C(C)(C)C2)CC(C)(C)N1O. The van der Waals surface area contributed by atoms with Gasteiger partial charge in [0.1, 0.15) is 12.2 Å². The average molecular weight is 453 g/mol. The van der Waals surface area contributed by atoms with E-state index in [9.17, 15) is 14.8 Å². The quantitative estimate of drug-likeness (QED) is 0.597. The fraction of sp³-hybridized carbons (Fsp3) is 0.920. The normalized spacial score (nSPS) is 28.3. The summed E-state index contributed by atoms with van der Waals surface area (Å²) in [6.07, 6.45) is 4.88. The number of piperidine rings is 2. The molecule has 0 bridgehead atoms. The third-order valence-corrected chi connectivity index (χ3v) is 7.40. The molecular formula is C25H44N2O5. The summed E-state index contributed by atoms with van der Waals surface area (Å²) in [7, 11) is 0. The second-order valence-corrected chi connectivity index (χ2v) is 12.7. The molecule has 0 atom stereocenters.